The molecule has 0 spiro atoms. The van der Waals surface area contributed by atoms with Crippen LogP contribution in [-0.4, -0.2) is 18.0 Å². The molecule has 0 amide bonds. The van der Waals surface area contributed by atoms with E-state index < -0.39 is 0 Å². The van der Waals surface area contributed by atoms with E-state index in [4.69, 9.17) is 9.94 Å². The van der Waals surface area contributed by atoms with Gasteiger partial charge in [-0.15, -0.1) is 0 Å². The Morgan fingerprint density at radius 3 is 3.00 bits per heavy atom. The Balaban J connectivity index is 2.27. The molecule has 1 unspecified atom stereocenters. The molecule has 1 atom stereocenters. The molecule has 0 heterocycles. The van der Waals surface area contributed by atoms with Crippen LogP contribution in [0, 0.1) is 0 Å². The highest BCUT2D eigenvalue weighted by Gasteiger charge is 2.22. The topological polar surface area (TPSA) is 41.8 Å². The molecule has 1 aliphatic carbocycles. The summed E-state index contributed by atoms with van der Waals surface area (Å²) in [5.41, 5.74) is 2.09. The third kappa shape index (κ3) is 2.18. The number of hydrogen-bond acceptors (Lipinski definition) is 3. The highest BCUT2D eigenvalue weighted by molar-refractivity contribution is 5.91. The average molecular weight is 219 g/mol. The van der Waals surface area contributed by atoms with E-state index in [2.05, 4.69) is 11.2 Å². The molecule has 3 nitrogen and oxygen atoms in total. The first-order valence-electron chi connectivity index (χ1n) is 5.70. The lowest BCUT2D eigenvalue weighted by Crippen LogP contribution is -2.17. The lowest BCUT2D eigenvalue weighted by Gasteiger charge is -2.23. The van der Waals surface area contributed by atoms with Crippen molar-refractivity contribution in [3.63, 3.8) is 0 Å². The van der Waals surface area contributed by atoms with Crippen LogP contribution >= 0.6 is 0 Å². The van der Waals surface area contributed by atoms with Crippen LogP contribution in [0.3, 0.4) is 0 Å². The van der Waals surface area contributed by atoms with Gasteiger partial charge in [-0.3, -0.25) is 0 Å². The van der Waals surface area contributed by atoms with E-state index in [9.17, 15) is 0 Å². The molecule has 0 aliphatic heterocycles. The largest absolute Gasteiger partial charge is 0.497 e. The predicted octanol–water partition coefficient (Wildman–Crippen LogP) is 3.18. The van der Waals surface area contributed by atoms with Crippen LogP contribution in [0.2, 0.25) is 0 Å². The van der Waals surface area contributed by atoms with Crippen LogP contribution in [0.25, 0.3) is 0 Å². The maximum absolute atomic E-state index is 9.01. The van der Waals surface area contributed by atoms with Crippen LogP contribution in [0.4, 0.5) is 0 Å². The highest BCUT2D eigenvalue weighted by Crippen LogP contribution is 2.32. The second-order valence-corrected chi connectivity index (χ2v) is 4.17. The number of nitrogens with zero attached hydrogens (tertiary/aromatic N) is 1. The second kappa shape index (κ2) is 5.01. The third-order valence-electron chi connectivity index (χ3n) is 3.20. The van der Waals surface area contributed by atoms with E-state index in [1.807, 2.05) is 18.2 Å². The fourth-order valence-electron chi connectivity index (χ4n) is 2.33. The fourth-order valence-corrected chi connectivity index (χ4v) is 2.33. The molecule has 1 saturated carbocycles. The van der Waals surface area contributed by atoms with Crippen molar-refractivity contribution in [1.29, 1.82) is 0 Å². The molecule has 2 rings (SSSR count). The summed E-state index contributed by atoms with van der Waals surface area (Å²) in [7, 11) is 1.67. The molecule has 0 radical (unpaired) electrons. The van der Waals surface area contributed by atoms with Gasteiger partial charge in [-0.05, 0) is 37.0 Å². The van der Waals surface area contributed by atoms with Gasteiger partial charge in [-0.2, -0.15) is 0 Å². The van der Waals surface area contributed by atoms with Gasteiger partial charge in [0, 0.05) is 5.92 Å². The molecule has 1 N–H and O–H groups in total. The minimum Gasteiger partial charge on any atom is -0.497 e. The zero-order chi connectivity index (χ0) is 11.4. The van der Waals surface area contributed by atoms with Crippen molar-refractivity contribution in [1.82, 2.24) is 0 Å². The maximum atomic E-state index is 9.01. The molecule has 1 aromatic rings. The van der Waals surface area contributed by atoms with Gasteiger partial charge in [-0.25, -0.2) is 0 Å². The van der Waals surface area contributed by atoms with Crippen molar-refractivity contribution < 1.29 is 9.94 Å². The van der Waals surface area contributed by atoms with Crippen molar-refractivity contribution in [2.45, 2.75) is 31.6 Å². The van der Waals surface area contributed by atoms with E-state index in [1.54, 1.807) is 7.11 Å². The number of oxime groups is 1. The van der Waals surface area contributed by atoms with Gasteiger partial charge in [0.2, 0.25) is 0 Å². The minimum absolute atomic E-state index is 0.258. The summed E-state index contributed by atoms with van der Waals surface area (Å²) in [6.45, 7) is 0. The van der Waals surface area contributed by atoms with Gasteiger partial charge in [0.05, 0.1) is 12.8 Å². The second-order valence-electron chi connectivity index (χ2n) is 4.17. The van der Waals surface area contributed by atoms with Gasteiger partial charge in [-0.1, -0.05) is 23.7 Å². The first kappa shape index (κ1) is 11.0. The molecule has 1 aliphatic rings. The lowest BCUT2D eigenvalue weighted by atomic mass is 9.82. The number of ether oxygens (including phenoxy) is 1. The van der Waals surface area contributed by atoms with E-state index in [0.29, 0.717) is 0 Å². The normalized spacial score (nSPS) is 23.3. The number of methoxy groups -OCH3 is 1. The van der Waals surface area contributed by atoms with Crippen molar-refractivity contribution in [3.05, 3.63) is 29.8 Å². The summed E-state index contributed by atoms with van der Waals surface area (Å²) in [4.78, 5) is 0. The van der Waals surface area contributed by atoms with Crippen LogP contribution in [0.5, 0.6) is 5.75 Å². The maximum Gasteiger partial charge on any atom is 0.119 e. The van der Waals surface area contributed by atoms with Crippen molar-refractivity contribution in [2.75, 3.05) is 7.11 Å². The van der Waals surface area contributed by atoms with Gasteiger partial charge >= 0.3 is 0 Å². The van der Waals surface area contributed by atoms with Gasteiger partial charge in [0.15, 0.2) is 0 Å². The molecule has 16 heavy (non-hydrogen) atoms. The SMILES string of the molecule is COc1cccc(C2CCCC/C2=N/O)c1. The van der Waals surface area contributed by atoms with Crippen LogP contribution in [0.1, 0.15) is 37.2 Å². The third-order valence-corrected chi connectivity index (χ3v) is 3.20. The summed E-state index contributed by atoms with van der Waals surface area (Å²) >= 11 is 0. The molecule has 1 fully saturated rings. The summed E-state index contributed by atoms with van der Waals surface area (Å²) in [6.07, 6.45) is 4.28. The quantitative estimate of drug-likeness (QED) is 0.613. The zero-order valence-electron chi connectivity index (χ0n) is 9.52. The number of rotatable bonds is 2. The Morgan fingerprint density at radius 2 is 2.25 bits per heavy atom. The van der Waals surface area contributed by atoms with E-state index in [-0.39, 0.29) is 5.92 Å². The van der Waals surface area contributed by atoms with Crippen LogP contribution < -0.4 is 4.74 Å². The Bertz CT molecular complexity index is 387. The van der Waals surface area contributed by atoms with E-state index in [0.717, 1.165) is 30.7 Å². The van der Waals surface area contributed by atoms with Gasteiger partial charge in [0.1, 0.15) is 5.75 Å². The molecule has 3 heteroatoms. The Morgan fingerprint density at radius 1 is 1.38 bits per heavy atom. The van der Waals surface area contributed by atoms with E-state index >= 15 is 0 Å². The molecule has 0 aromatic heterocycles. The molecule has 1 aromatic carbocycles. The van der Waals surface area contributed by atoms with E-state index in [1.165, 1.54) is 12.0 Å². The summed E-state index contributed by atoms with van der Waals surface area (Å²) < 4.78 is 5.21. The standard InChI is InChI=1S/C13H17NO2/c1-16-11-6-4-5-10(9-11)12-7-2-3-8-13(12)14-15/h4-6,9,12,15H,2-3,7-8H2,1H3/b14-13-. The van der Waals surface area contributed by atoms with Crippen molar-refractivity contribution in [3.8, 4) is 5.75 Å². The average Bonchev–Trinajstić information content (AvgIpc) is 2.38. The monoisotopic (exact) mass is 219 g/mol. The number of hydrogen-bond donors (Lipinski definition) is 1. The first-order valence-corrected chi connectivity index (χ1v) is 5.70. The minimum atomic E-state index is 0.258. The predicted molar refractivity (Wildman–Crippen MR) is 63.4 cm³/mol. The Kier molecular flexibility index (Phi) is 3.44. The fraction of sp³-hybridized carbons (Fsp3) is 0.462. The molecule has 0 bridgehead atoms. The lowest BCUT2D eigenvalue weighted by molar-refractivity contribution is 0.312. The smallest absolute Gasteiger partial charge is 0.119 e. The highest BCUT2D eigenvalue weighted by atomic mass is 16.5. The molecule has 86 valence electrons. The molecule has 0 saturated heterocycles. The zero-order valence-corrected chi connectivity index (χ0v) is 9.52. The van der Waals surface area contributed by atoms with Crippen molar-refractivity contribution in [2.24, 2.45) is 5.16 Å². The molecular formula is C13H17NO2. The van der Waals surface area contributed by atoms with Crippen LogP contribution in [0.15, 0.2) is 29.4 Å². The summed E-state index contributed by atoms with van der Waals surface area (Å²) in [6, 6.07) is 8.02. The summed E-state index contributed by atoms with van der Waals surface area (Å²) in [5, 5.41) is 12.4. The first-order chi connectivity index (χ1) is 7.85. The van der Waals surface area contributed by atoms with Gasteiger partial charge < -0.3 is 9.94 Å². The Labute approximate surface area is 95.7 Å². The summed E-state index contributed by atoms with van der Waals surface area (Å²) in [5.74, 6) is 1.12. The van der Waals surface area contributed by atoms with Crippen LogP contribution in [-0.2, 0) is 0 Å². The van der Waals surface area contributed by atoms with Crippen molar-refractivity contribution >= 4 is 5.71 Å². The Hall–Kier alpha value is -1.51. The molecular weight excluding hydrogens is 202 g/mol. The number of benzene rings is 1. The van der Waals surface area contributed by atoms with Gasteiger partial charge in [0.25, 0.3) is 0 Å².